The summed E-state index contributed by atoms with van der Waals surface area (Å²) < 4.78 is 28.8. The Labute approximate surface area is 243 Å². The van der Waals surface area contributed by atoms with Crippen LogP contribution < -0.4 is 10.0 Å². The third kappa shape index (κ3) is 6.88. The van der Waals surface area contributed by atoms with E-state index in [1.165, 1.54) is 40.3 Å². The number of carboxylic acids is 2. The molecule has 2 aliphatic rings. The van der Waals surface area contributed by atoms with Crippen LogP contribution in [-0.2, 0) is 36.2 Å². The number of carbonyl (C=O) groups excluding carboxylic acids is 2. The van der Waals surface area contributed by atoms with Crippen LogP contribution in [-0.4, -0.2) is 96.5 Å². The number of thioether (sulfide) groups is 2. The van der Waals surface area contributed by atoms with Gasteiger partial charge in [0.2, 0.25) is 21.1 Å². The highest BCUT2D eigenvalue weighted by molar-refractivity contribution is 8.01. The van der Waals surface area contributed by atoms with Crippen LogP contribution in [0.2, 0.25) is 0 Å². The van der Waals surface area contributed by atoms with Crippen LogP contribution >= 0.6 is 23.5 Å². The quantitative estimate of drug-likeness (QED) is 0.170. The fourth-order valence-electron chi connectivity index (χ4n) is 4.21. The number of β-lactam (4-membered cyclic amide) rings is 1. The van der Waals surface area contributed by atoms with E-state index in [1.54, 1.807) is 26.1 Å². The van der Waals surface area contributed by atoms with Gasteiger partial charge in [-0.25, -0.2) is 17.9 Å². The Kier molecular flexibility index (Phi) is 9.35. The molecule has 2 amide bonds. The molecule has 0 saturated carbocycles. The molecule has 1 aromatic carbocycles. The fourth-order valence-corrected chi connectivity index (χ4v) is 7.77. The average molecular weight is 626 g/mol. The highest BCUT2D eigenvalue weighted by Crippen LogP contribution is 2.41. The van der Waals surface area contributed by atoms with Crippen LogP contribution in [0.15, 0.2) is 45.6 Å². The fraction of sp³-hybridized carbons (Fsp3) is 0.435. The van der Waals surface area contributed by atoms with E-state index in [1.807, 2.05) is 0 Å². The summed E-state index contributed by atoms with van der Waals surface area (Å²) in [5.41, 5.74) is 1.24. The van der Waals surface area contributed by atoms with Gasteiger partial charge in [0.1, 0.15) is 23.2 Å². The number of fused-ring (bicyclic) bond motifs is 1. The number of carbonyl (C=O) groups is 4. The highest BCUT2D eigenvalue weighted by Gasteiger charge is 2.54. The molecule has 1 saturated heterocycles. The Balaban J connectivity index is 1.31. The van der Waals surface area contributed by atoms with E-state index in [0.717, 1.165) is 10.5 Å². The molecular weight excluding hydrogens is 598 g/mol. The van der Waals surface area contributed by atoms with Gasteiger partial charge in [-0.1, -0.05) is 29.5 Å². The molecule has 2 aromatic rings. The number of hydrogen-bond donors (Lipinski definition) is 4. The Hall–Kier alpha value is -3.48. The molecule has 0 aliphatic carbocycles. The molecule has 1 aromatic heterocycles. The first-order chi connectivity index (χ1) is 19.4. The number of amides is 2. The molecule has 1 unspecified atom stereocenters. The van der Waals surface area contributed by atoms with Crippen LogP contribution in [0.1, 0.15) is 24.8 Å². The summed E-state index contributed by atoms with van der Waals surface area (Å²) in [6.07, 6.45) is -0.294. The lowest BCUT2D eigenvalue weighted by Gasteiger charge is -2.49. The van der Waals surface area contributed by atoms with Crippen LogP contribution in [0.25, 0.3) is 0 Å². The lowest BCUT2D eigenvalue weighted by Crippen LogP contribution is -2.70. The molecule has 18 heteroatoms. The largest absolute Gasteiger partial charge is 0.480 e. The van der Waals surface area contributed by atoms with Gasteiger partial charge >= 0.3 is 11.9 Å². The average Bonchev–Trinajstić information content (AvgIpc) is 3.33. The van der Waals surface area contributed by atoms with Crippen molar-refractivity contribution in [1.82, 2.24) is 35.1 Å². The van der Waals surface area contributed by atoms with Crippen molar-refractivity contribution < 1.29 is 37.8 Å². The summed E-state index contributed by atoms with van der Waals surface area (Å²) in [7, 11) is -2.44. The smallest absolute Gasteiger partial charge is 0.352 e. The summed E-state index contributed by atoms with van der Waals surface area (Å²) in [6.45, 7) is 1.79. The molecule has 41 heavy (non-hydrogen) atoms. The summed E-state index contributed by atoms with van der Waals surface area (Å²) in [6, 6.07) is 3.53. The number of carboxylic acid groups (broad SMARTS) is 2. The molecular formula is C23H27N7O8S3. The molecule has 4 rings (SSSR count). The summed E-state index contributed by atoms with van der Waals surface area (Å²) in [4.78, 5) is 50.2. The van der Waals surface area contributed by atoms with Crippen molar-refractivity contribution in [3.63, 3.8) is 0 Å². The maximum atomic E-state index is 12.9. The number of nitrogens with one attached hydrogen (secondary N) is 2. The Morgan fingerprint density at radius 2 is 1.93 bits per heavy atom. The van der Waals surface area contributed by atoms with Gasteiger partial charge in [0, 0.05) is 25.0 Å². The number of aromatic nitrogens is 4. The molecule has 3 atom stereocenters. The zero-order chi connectivity index (χ0) is 29.9. The van der Waals surface area contributed by atoms with E-state index < -0.39 is 51.2 Å². The first-order valence-electron chi connectivity index (χ1n) is 12.3. The van der Waals surface area contributed by atoms with Crippen molar-refractivity contribution in [2.45, 2.75) is 53.7 Å². The normalized spacial score (nSPS) is 19.4. The van der Waals surface area contributed by atoms with Crippen LogP contribution in [0.5, 0.6) is 0 Å². The maximum Gasteiger partial charge on any atom is 0.352 e. The zero-order valence-electron chi connectivity index (χ0n) is 21.9. The van der Waals surface area contributed by atoms with Gasteiger partial charge < -0.3 is 15.5 Å². The topological polar surface area (TPSA) is 214 Å². The van der Waals surface area contributed by atoms with E-state index >= 15 is 0 Å². The Morgan fingerprint density at radius 1 is 1.22 bits per heavy atom. The summed E-state index contributed by atoms with van der Waals surface area (Å²) >= 11 is 2.56. The van der Waals surface area contributed by atoms with Gasteiger partial charge in [0.25, 0.3) is 5.91 Å². The third-order valence-corrected chi connectivity index (χ3v) is 10.3. The molecule has 4 N–H and O–H groups in total. The lowest BCUT2D eigenvalue weighted by atomic mass is 10.0. The van der Waals surface area contributed by atoms with Gasteiger partial charge in [-0.05, 0) is 47.9 Å². The van der Waals surface area contributed by atoms with Crippen molar-refractivity contribution in [2.24, 2.45) is 7.05 Å². The minimum absolute atomic E-state index is 0.0280. The number of nitrogens with zero attached hydrogens (tertiary/aromatic N) is 5. The molecule has 15 nitrogen and oxygen atoms in total. The molecule has 0 radical (unpaired) electrons. The first kappa shape index (κ1) is 30.5. The van der Waals surface area contributed by atoms with Crippen molar-refractivity contribution in [3.05, 3.63) is 41.1 Å². The van der Waals surface area contributed by atoms with E-state index in [2.05, 4.69) is 25.6 Å². The number of rotatable bonds is 13. The zero-order valence-corrected chi connectivity index (χ0v) is 24.3. The molecule has 3 heterocycles. The standard InChI is InChI=1S/C23H27N7O8S3/c1-12-6-8-14(9-7-12)41(37,38)26-15(21(33)34)4-3-5-16(31)24-17-19(32)30-18(22(35)36)13(10-39-20(17)30)11-40-23-25-27-28-29(23)2/h6-9,15,17,20,26H,3-5,10-11H2,1-2H3,(H,24,31)(H,33,34)(H,35,36)/t15-,17?,20-/m1/s1. The number of aliphatic carboxylic acids is 2. The molecule has 1 fully saturated rings. The van der Waals surface area contributed by atoms with E-state index in [4.69, 9.17) is 0 Å². The minimum atomic E-state index is -4.09. The van der Waals surface area contributed by atoms with Crippen molar-refractivity contribution >= 4 is 57.3 Å². The molecule has 2 aliphatic heterocycles. The second-order valence-electron chi connectivity index (χ2n) is 9.30. The Bertz CT molecular complexity index is 1490. The number of hydrogen-bond acceptors (Lipinski definition) is 11. The number of tetrazole rings is 1. The van der Waals surface area contributed by atoms with Crippen LogP contribution in [0.3, 0.4) is 0 Å². The molecule has 0 spiro atoms. The molecule has 220 valence electrons. The SMILES string of the molecule is Cc1ccc(S(=O)(=O)N[C@H](CCCC(=O)NC2C(=O)N3C(C(=O)O)=C(CSc4nnnn4C)CS[C@H]23)C(=O)O)cc1. The summed E-state index contributed by atoms with van der Waals surface area (Å²) in [5, 5.41) is 32.9. The Morgan fingerprint density at radius 3 is 2.54 bits per heavy atom. The lowest BCUT2D eigenvalue weighted by molar-refractivity contribution is -0.150. The van der Waals surface area contributed by atoms with Crippen LogP contribution in [0, 0.1) is 6.92 Å². The number of aryl methyl sites for hydroxylation is 2. The third-order valence-electron chi connectivity index (χ3n) is 6.35. The van der Waals surface area contributed by atoms with Gasteiger partial charge in [-0.15, -0.1) is 16.9 Å². The minimum Gasteiger partial charge on any atom is -0.480 e. The first-order valence-corrected chi connectivity index (χ1v) is 15.8. The second kappa shape index (κ2) is 12.6. The van der Waals surface area contributed by atoms with Crippen molar-refractivity contribution in [3.8, 4) is 0 Å². The predicted molar refractivity (Wildman–Crippen MR) is 146 cm³/mol. The number of benzene rings is 1. The highest BCUT2D eigenvalue weighted by atomic mass is 32.2. The van der Waals surface area contributed by atoms with Gasteiger partial charge in [-0.2, -0.15) is 4.72 Å². The van der Waals surface area contributed by atoms with Crippen molar-refractivity contribution in [1.29, 1.82) is 0 Å². The summed E-state index contributed by atoms with van der Waals surface area (Å²) in [5.74, 6) is -3.16. The number of sulfonamides is 1. The van der Waals surface area contributed by atoms with Gasteiger partial charge in [0.05, 0.1) is 4.90 Å². The maximum absolute atomic E-state index is 12.9. The van der Waals surface area contributed by atoms with E-state index in [9.17, 15) is 37.8 Å². The monoisotopic (exact) mass is 625 g/mol. The van der Waals surface area contributed by atoms with Gasteiger partial charge in [0.15, 0.2) is 0 Å². The van der Waals surface area contributed by atoms with Crippen molar-refractivity contribution in [2.75, 3.05) is 11.5 Å². The predicted octanol–water partition coefficient (Wildman–Crippen LogP) is -0.0488. The van der Waals surface area contributed by atoms with Gasteiger partial charge in [-0.3, -0.25) is 19.3 Å². The van der Waals surface area contributed by atoms with Crippen LogP contribution in [0.4, 0.5) is 0 Å². The van der Waals surface area contributed by atoms with E-state index in [0.29, 0.717) is 16.5 Å². The van der Waals surface area contributed by atoms with E-state index in [-0.39, 0.29) is 35.6 Å². The second-order valence-corrected chi connectivity index (χ2v) is 13.1. The molecule has 0 bridgehead atoms.